The number of aliphatic hydroxyl groups excluding tert-OH is 1. The number of amides is 2. The third kappa shape index (κ3) is 9.23. The van der Waals surface area contributed by atoms with Crippen LogP contribution in [0.3, 0.4) is 0 Å². The molecule has 1 unspecified atom stereocenters. The summed E-state index contributed by atoms with van der Waals surface area (Å²) in [7, 11) is 1.61. The molecule has 1 aromatic rings. The molecule has 0 saturated carbocycles. The standard InChI is InChI=1S/C19H31N3O5/c1-18(2,3)26-16(24)21-15-12-13(8-10-20-15)14(23)9-11-22(7)17(25)27-19(4,5)6/h8,10,12,14,23H,9,11H2,1-7H3,(H,20,21,24). The average Bonchev–Trinajstić information content (AvgIpc) is 2.48. The number of nitrogens with zero attached hydrogens (tertiary/aromatic N) is 2. The molecular formula is C19H31N3O5. The zero-order valence-electron chi connectivity index (χ0n) is 17.2. The van der Waals surface area contributed by atoms with E-state index in [1.54, 1.807) is 60.7 Å². The summed E-state index contributed by atoms with van der Waals surface area (Å²) in [6, 6.07) is 3.22. The SMILES string of the molecule is CN(CCC(O)c1ccnc(NC(=O)OC(C)(C)C)c1)C(=O)OC(C)(C)C. The molecule has 8 heteroatoms. The summed E-state index contributed by atoms with van der Waals surface area (Å²) in [4.78, 5) is 29.2. The molecule has 0 fully saturated rings. The van der Waals surface area contributed by atoms with Crippen LogP contribution in [0.15, 0.2) is 18.3 Å². The van der Waals surface area contributed by atoms with Gasteiger partial charge >= 0.3 is 12.2 Å². The minimum atomic E-state index is -0.822. The number of aromatic nitrogens is 1. The number of ether oxygens (including phenoxy) is 2. The van der Waals surface area contributed by atoms with E-state index in [0.29, 0.717) is 18.5 Å². The summed E-state index contributed by atoms with van der Waals surface area (Å²) in [6.45, 7) is 11.0. The van der Waals surface area contributed by atoms with Gasteiger partial charge in [0.25, 0.3) is 0 Å². The van der Waals surface area contributed by atoms with Crippen molar-refractivity contribution < 1.29 is 24.2 Å². The third-order valence-electron chi connectivity index (χ3n) is 3.24. The minimum absolute atomic E-state index is 0.279. The summed E-state index contributed by atoms with van der Waals surface area (Å²) < 4.78 is 10.5. The van der Waals surface area contributed by atoms with E-state index in [1.807, 2.05) is 0 Å². The Labute approximate surface area is 160 Å². The van der Waals surface area contributed by atoms with Crippen molar-refractivity contribution in [3.8, 4) is 0 Å². The molecule has 2 N–H and O–H groups in total. The zero-order chi connectivity index (χ0) is 20.8. The largest absolute Gasteiger partial charge is 0.444 e. The Morgan fingerprint density at radius 1 is 1.19 bits per heavy atom. The van der Waals surface area contributed by atoms with Crippen molar-refractivity contribution in [1.29, 1.82) is 0 Å². The van der Waals surface area contributed by atoms with Gasteiger partial charge in [-0.2, -0.15) is 0 Å². The van der Waals surface area contributed by atoms with Gasteiger partial charge in [-0.25, -0.2) is 14.6 Å². The highest BCUT2D eigenvalue weighted by atomic mass is 16.6. The van der Waals surface area contributed by atoms with Crippen molar-refractivity contribution in [3.63, 3.8) is 0 Å². The van der Waals surface area contributed by atoms with Gasteiger partial charge < -0.3 is 19.5 Å². The lowest BCUT2D eigenvalue weighted by Gasteiger charge is -2.25. The molecule has 2 amide bonds. The summed E-state index contributed by atoms with van der Waals surface area (Å²) in [6.07, 6.45) is -0.0887. The fraction of sp³-hybridized carbons (Fsp3) is 0.632. The third-order valence-corrected chi connectivity index (χ3v) is 3.24. The van der Waals surface area contributed by atoms with Gasteiger partial charge in [0.05, 0.1) is 6.10 Å². The first kappa shape index (κ1) is 22.7. The molecule has 8 nitrogen and oxygen atoms in total. The predicted molar refractivity (Wildman–Crippen MR) is 103 cm³/mol. The molecule has 1 heterocycles. The van der Waals surface area contributed by atoms with Crippen LogP contribution in [0.4, 0.5) is 15.4 Å². The first-order chi connectivity index (χ1) is 12.3. The van der Waals surface area contributed by atoms with E-state index in [4.69, 9.17) is 9.47 Å². The van der Waals surface area contributed by atoms with Crippen LogP contribution in [0.2, 0.25) is 0 Å². The van der Waals surface area contributed by atoms with Crippen LogP contribution in [0.1, 0.15) is 59.6 Å². The topological polar surface area (TPSA) is 101 Å². The fourth-order valence-electron chi connectivity index (χ4n) is 2.04. The van der Waals surface area contributed by atoms with Gasteiger partial charge in [-0.1, -0.05) is 0 Å². The number of pyridine rings is 1. The van der Waals surface area contributed by atoms with E-state index in [1.165, 1.54) is 11.1 Å². The highest BCUT2D eigenvalue weighted by Crippen LogP contribution is 2.20. The molecular weight excluding hydrogens is 350 g/mol. The van der Waals surface area contributed by atoms with Crippen molar-refractivity contribution in [1.82, 2.24) is 9.88 Å². The van der Waals surface area contributed by atoms with E-state index in [0.717, 1.165) is 0 Å². The maximum absolute atomic E-state index is 11.9. The zero-order valence-corrected chi connectivity index (χ0v) is 17.2. The lowest BCUT2D eigenvalue weighted by Crippen LogP contribution is -2.35. The van der Waals surface area contributed by atoms with Gasteiger partial charge in [-0.05, 0) is 65.7 Å². The average molecular weight is 381 g/mol. The minimum Gasteiger partial charge on any atom is -0.444 e. The first-order valence-electron chi connectivity index (χ1n) is 8.85. The molecule has 0 spiro atoms. The lowest BCUT2D eigenvalue weighted by molar-refractivity contribution is 0.0273. The molecule has 0 bridgehead atoms. The number of aliphatic hydroxyl groups is 1. The van der Waals surface area contributed by atoms with Crippen LogP contribution in [-0.4, -0.2) is 52.0 Å². The Kier molecular flexibility index (Phi) is 7.59. The van der Waals surface area contributed by atoms with Gasteiger partial charge in [-0.15, -0.1) is 0 Å². The number of anilines is 1. The smallest absolute Gasteiger partial charge is 0.413 e. The Bertz CT molecular complexity index is 649. The quantitative estimate of drug-likeness (QED) is 0.806. The van der Waals surface area contributed by atoms with E-state index in [9.17, 15) is 14.7 Å². The van der Waals surface area contributed by atoms with E-state index in [-0.39, 0.29) is 5.82 Å². The highest BCUT2D eigenvalue weighted by Gasteiger charge is 2.21. The van der Waals surface area contributed by atoms with Gasteiger partial charge in [-0.3, -0.25) is 5.32 Å². The second-order valence-electron chi connectivity index (χ2n) is 8.31. The van der Waals surface area contributed by atoms with Crippen LogP contribution in [-0.2, 0) is 9.47 Å². The van der Waals surface area contributed by atoms with Crippen molar-refractivity contribution in [2.75, 3.05) is 18.9 Å². The lowest BCUT2D eigenvalue weighted by atomic mass is 10.1. The fourth-order valence-corrected chi connectivity index (χ4v) is 2.04. The Morgan fingerprint density at radius 2 is 1.78 bits per heavy atom. The molecule has 0 aliphatic heterocycles. The van der Waals surface area contributed by atoms with E-state index < -0.39 is 29.5 Å². The molecule has 1 aromatic heterocycles. The van der Waals surface area contributed by atoms with Crippen molar-refractivity contribution in [2.45, 2.75) is 65.3 Å². The van der Waals surface area contributed by atoms with E-state index >= 15 is 0 Å². The van der Waals surface area contributed by atoms with Gasteiger partial charge in [0.1, 0.15) is 17.0 Å². The van der Waals surface area contributed by atoms with Crippen LogP contribution in [0.5, 0.6) is 0 Å². The number of rotatable bonds is 5. The van der Waals surface area contributed by atoms with Gasteiger partial charge in [0, 0.05) is 19.8 Å². The Hall–Kier alpha value is -2.35. The molecule has 0 aromatic carbocycles. The number of hydrogen-bond donors (Lipinski definition) is 2. The monoisotopic (exact) mass is 381 g/mol. The molecule has 0 aliphatic rings. The van der Waals surface area contributed by atoms with Crippen LogP contribution in [0.25, 0.3) is 0 Å². The van der Waals surface area contributed by atoms with Gasteiger partial charge in [0.2, 0.25) is 0 Å². The highest BCUT2D eigenvalue weighted by molar-refractivity contribution is 5.83. The normalized spacial score (nSPS) is 12.9. The van der Waals surface area contributed by atoms with Crippen molar-refractivity contribution >= 4 is 18.0 Å². The summed E-state index contributed by atoms with van der Waals surface area (Å²) in [5.41, 5.74) is -0.612. The molecule has 0 saturated heterocycles. The maximum Gasteiger partial charge on any atom is 0.413 e. The van der Waals surface area contributed by atoms with Crippen LogP contribution in [0, 0.1) is 0 Å². The van der Waals surface area contributed by atoms with Crippen molar-refractivity contribution in [3.05, 3.63) is 23.9 Å². The van der Waals surface area contributed by atoms with Crippen LogP contribution < -0.4 is 5.32 Å². The van der Waals surface area contributed by atoms with E-state index in [2.05, 4.69) is 10.3 Å². The molecule has 27 heavy (non-hydrogen) atoms. The Balaban J connectivity index is 2.62. The molecule has 0 radical (unpaired) electrons. The summed E-state index contributed by atoms with van der Waals surface area (Å²) in [5.74, 6) is 0.279. The molecule has 1 atom stereocenters. The number of hydrogen-bond acceptors (Lipinski definition) is 6. The molecule has 152 valence electrons. The second-order valence-corrected chi connectivity index (χ2v) is 8.31. The van der Waals surface area contributed by atoms with Crippen LogP contribution >= 0.6 is 0 Å². The van der Waals surface area contributed by atoms with Crippen molar-refractivity contribution in [2.24, 2.45) is 0 Å². The maximum atomic E-state index is 11.9. The number of carbonyl (C=O) groups excluding carboxylic acids is 2. The summed E-state index contributed by atoms with van der Waals surface area (Å²) in [5, 5.41) is 12.9. The van der Waals surface area contributed by atoms with Gasteiger partial charge in [0.15, 0.2) is 0 Å². The predicted octanol–water partition coefficient (Wildman–Crippen LogP) is 3.72. The first-order valence-corrected chi connectivity index (χ1v) is 8.85. The molecule has 1 rings (SSSR count). The number of carbonyl (C=O) groups is 2. The second kappa shape index (κ2) is 9.03. The summed E-state index contributed by atoms with van der Waals surface area (Å²) >= 11 is 0. The molecule has 0 aliphatic carbocycles. The number of nitrogens with one attached hydrogen (secondary N) is 1. The Morgan fingerprint density at radius 3 is 2.33 bits per heavy atom.